The first-order valence-corrected chi connectivity index (χ1v) is 6.14. The van der Waals surface area contributed by atoms with Crippen molar-refractivity contribution in [2.45, 2.75) is 13.8 Å². The van der Waals surface area contributed by atoms with Crippen LogP contribution in [0.1, 0.15) is 16.7 Å². The molecule has 2 rings (SSSR count). The molecule has 2 N–H and O–H groups in total. The molecular weight excluding hydrogens is 260 g/mol. The number of nitriles is 1. The maximum atomic E-state index is 8.92. The van der Waals surface area contributed by atoms with Crippen LogP contribution in [0.3, 0.4) is 0 Å². The maximum Gasteiger partial charge on any atom is 0.151 e. The number of ether oxygens (including phenoxy) is 1. The van der Waals surface area contributed by atoms with Crippen LogP contribution in [0.2, 0.25) is 5.02 Å². The first-order valence-electron chi connectivity index (χ1n) is 5.76. The quantitative estimate of drug-likeness (QED) is 0.834. The summed E-state index contributed by atoms with van der Waals surface area (Å²) in [6.07, 6.45) is 0. The summed E-state index contributed by atoms with van der Waals surface area (Å²) in [5, 5.41) is 9.38. The highest BCUT2D eigenvalue weighted by Gasteiger charge is 2.10. The lowest BCUT2D eigenvalue weighted by atomic mass is 10.1. The summed E-state index contributed by atoms with van der Waals surface area (Å²) in [6, 6.07) is 10.9. The molecule has 0 bridgehead atoms. The summed E-state index contributed by atoms with van der Waals surface area (Å²) in [5.41, 5.74) is 8.67. The lowest BCUT2D eigenvalue weighted by Crippen LogP contribution is -1.96. The van der Waals surface area contributed by atoms with Gasteiger partial charge in [0.1, 0.15) is 5.75 Å². The second-order valence-corrected chi connectivity index (χ2v) is 4.71. The third-order valence-electron chi connectivity index (χ3n) is 2.81. The summed E-state index contributed by atoms with van der Waals surface area (Å²) in [7, 11) is 0. The molecule has 0 atom stereocenters. The van der Waals surface area contributed by atoms with Gasteiger partial charge in [0, 0.05) is 0 Å². The molecule has 0 aromatic heterocycles. The van der Waals surface area contributed by atoms with Gasteiger partial charge in [0.05, 0.1) is 22.3 Å². The molecule has 96 valence electrons. The van der Waals surface area contributed by atoms with E-state index in [4.69, 9.17) is 27.3 Å². The fourth-order valence-corrected chi connectivity index (χ4v) is 2.06. The van der Waals surface area contributed by atoms with E-state index in [2.05, 4.69) is 6.07 Å². The van der Waals surface area contributed by atoms with E-state index >= 15 is 0 Å². The zero-order valence-electron chi connectivity index (χ0n) is 10.7. The van der Waals surface area contributed by atoms with Crippen LogP contribution in [0.4, 0.5) is 5.69 Å². The molecule has 0 aliphatic carbocycles. The van der Waals surface area contributed by atoms with Gasteiger partial charge in [0.15, 0.2) is 5.75 Å². The highest BCUT2D eigenvalue weighted by Crippen LogP contribution is 2.35. The van der Waals surface area contributed by atoms with E-state index in [9.17, 15) is 0 Å². The van der Waals surface area contributed by atoms with E-state index in [0.717, 1.165) is 11.1 Å². The third kappa shape index (κ3) is 2.64. The van der Waals surface area contributed by atoms with Gasteiger partial charge >= 0.3 is 0 Å². The Kier molecular flexibility index (Phi) is 3.64. The van der Waals surface area contributed by atoms with Crippen LogP contribution in [0.25, 0.3) is 0 Å². The second kappa shape index (κ2) is 5.21. The van der Waals surface area contributed by atoms with E-state index in [1.165, 1.54) is 0 Å². The zero-order valence-corrected chi connectivity index (χ0v) is 11.5. The number of para-hydroxylation sites is 1. The molecule has 0 fully saturated rings. The van der Waals surface area contributed by atoms with Gasteiger partial charge in [-0.2, -0.15) is 5.26 Å². The largest absolute Gasteiger partial charge is 0.455 e. The topological polar surface area (TPSA) is 59.0 Å². The van der Waals surface area contributed by atoms with Crippen molar-refractivity contribution < 1.29 is 4.74 Å². The minimum absolute atomic E-state index is 0.410. The lowest BCUT2D eigenvalue weighted by Gasteiger charge is -2.14. The fraction of sp³-hybridized carbons (Fsp3) is 0.133. The molecule has 4 heteroatoms. The van der Waals surface area contributed by atoms with Crippen LogP contribution in [0, 0.1) is 25.2 Å². The van der Waals surface area contributed by atoms with Crippen LogP contribution in [0.15, 0.2) is 30.3 Å². The predicted octanol–water partition coefficient (Wildman–Crippen LogP) is 4.20. The van der Waals surface area contributed by atoms with Gasteiger partial charge in [-0.3, -0.25) is 0 Å². The highest BCUT2D eigenvalue weighted by molar-refractivity contribution is 6.33. The minimum Gasteiger partial charge on any atom is -0.455 e. The molecule has 2 aromatic carbocycles. The van der Waals surface area contributed by atoms with Gasteiger partial charge < -0.3 is 10.5 Å². The van der Waals surface area contributed by atoms with Crippen molar-refractivity contribution in [1.82, 2.24) is 0 Å². The standard InChI is InChI=1S/C15H13ClN2O/c1-9-6-11(8-17)7-10(2)15(9)19-13-5-3-4-12(16)14(13)18/h3-7H,18H2,1-2H3. The van der Waals surface area contributed by atoms with Gasteiger partial charge in [-0.15, -0.1) is 0 Å². The summed E-state index contributed by atoms with van der Waals surface area (Å²) in [5.74, 6) is 1.22. The van der Waals surface area contributed by atoms with Gasteiger partial charge in [-0.25, -0.2) is 0 Å². The van der Waals surface area contributed by atoms with Crippen molar-refractivity contribution >= 4 is 17.3 Å². The number of hydrogen-bond donors (Lipinski definition) is 1. The SMILES string of the molecule is Cc1cc(C#N)cc(C)c1Oc1cccc(Cl)c1N. The average molecular weight is 273 g/mol. The molecule has 0 aliphatic heterocycles. The number of benzene rings is 2. The number of anilines is 1. The Morgan fingerprint density at radius 3 is 2.42 bits per heavy atom. The van der Waals surface area contributed by atoms with E-state index < -0.39 is 0 Å². The van der Waals surface area contributed by atoms with Crippen LogP contribution in [0.5, 0.6) is 11.5 Å². The first-order chi connectivity index (χ1) is 9.02. The van der Waals surface area contributed by atoms with Crippen LogP contribution < -0.4 is 10.5 Å². The number of halogens is 1. The molecule has 19 heavy (non-hydrogen) atoms. The van der Waals surface area contributed by atoms with E-state index in [1.807, 2.05) is 13.8 Å². The first kappa shape index (κ1) is 13.3. The molecule has 0 radical (unpaired) electrons. The van der Waals surface area contributed by atoms with E-state index in [0.29, 0.717) is 27.8 Å². The highest BCUT2D eigenvalue weighted by atomic mass is 35.5. The molecule has 2 aromatic rings. The van der Waals surface area contributed by atoms with Gasteiger partial charge in [-0.1, -0.05) is 17.7 Å². The van der Waals surface area contributed by atoms with E-state index in [-0.39, 0.29) is 0 Å². The summed E-state index contributed by atoms with van der Waals surface area (Å²) < 4.78 is 5.83. The van der Waals surface area contributed by atoms with Gasteiger partial charge in [-0.05, 0) is 49.2 Å². The van der Waals surface area contributed by atoms with Gasteiger partial charge in [0.2, 0.25) is 0 Å². The summed E-state index contributed by atoms with van der Waals surface area (Å²) in [4.78, 5) is 0. The van der Waals surface area contributed by atoms with Crippen molar-refractivity contribution in [3.05, 3.63) is 52.0 Å². The predicted molar refractivity (Wildman–Crippen MR) is 76.6 cm³/mol. The summed E-state index contributed by atoms with van der Waals surface area (Å²) in [6.45, 7) is 3.79. The van der Waals surface area contributed by atoms with E-state index in [1.54, 1.807) is 30.3 Å². The maximum absolute atomic E-state index is 8.92. The van der Waals surface area contributed by atoms with Crippen molar-refractivity contribution in [2.24, 2.45) is 0 Å². The summed E-state index contributed by atoms with van der Waals surface area (Å²) >= 11 is 5.96. The van der Waals surface area contributed by atoms with Crippen LogP contribution in [-0.4, -0.2) is 0 Å². The molecule has 0 spiro atoms. The third-order valence-corrected chi connectivity index (χ3v) is 3.14. The number of aryl methyl sites for hydroxylation is 2. The Hall–Kier alpha value is -2.18. The fourth-order valence-electron chi connectivity index (χ4n) is 1.89. The zero-order chi connectivity index (χ0) is 14.0. The molecule has 0 saturated carbocycles. The molecule has 0 heterocycles. The van der Waals surface area contributed by atoms with Crippen LogP contribution >= 0.6 is 11.6 Å². The number of hydrogen-bond acceptors (Lipinski definition) is 3. The van der Waals surface area contributed by atoms with Gasteiger partial charge in [0.25, 0.3) is 0 Å². The average Bonchev–Trinajstić information content (AvgIpc) is 2.38. The normalized spacial score (nSPS) is 10.0. The Labute approximate surface area is 117 Å². The monoisotopic (exact) mass is 272 g/mol. The Morgan fingerprint density at radius 2 is 1.84 bits per heavy atom. The Bertz CT molecular complexity index is 651. The van der Waals surface area contributed by atoms with Crippen molar-refractivity contribution in [3.63, 3.8) is 0 Å². The molecule has 0 amide bonds. The molecule has 3 nitrogen and oxygen atoms in total. The smallest absolute Gasteiger partial charge is 0.151 e. The minimum atomic E-state index is 0.410. The lowest BCUT2D eigenvalue weighted by molar-refractivity contribution is 0.477. The van der Waals surface area contributed by atoms with Crippen molar-refractivity contribution in [1.29, 1.82) is 5.26 Å². The van der Waals surface area contributed by atoms with Crippen molar-refractivity contribution in [2.75, 3.05) is 5.73 Å². The number of nitrogens with zero attached hydrogens (tertiary/aromatic N) is 1. The molecule has 0 unspecified atom stereocenters. The molecule has 0 saturated heterocycles. The number of nitrogens with two attached hydrogens (primary N) is 1. The Balaban J connectivity index is 2.45. The Morgan fingerprint density at radius 1 is 1.21 bits per heavy atom. The molecule has 0 aliphatic rings. The second-order valence-electron chi connectivity index (χ2n) is 4.30. The van der Waals surface area contributed by atoms with Crippen molar-refractivity contribution in [3.8, 4) is 17.6 Å². The van der Waals surface area contributed by atoms with Crippen LogP contribution in [-0.2, 0) is 0 Å². The molecular formula is C15H13ClN2O. The number of rotatable bonds is 2. The number of nitrogen functional groups attached to an aromatic ring is 1.